The second kappa shape index (κ2) is 9.51. The van der Waals surface area contributed by atoms with Crippen molar-refractivity contribution in [2.24, 2.45) is 5.92 Å². The zero-order chi connectivity index (χ0) is 20.8. The summed E-state index contributed by atoms with van der Waals surface area (Å²) in [5.74, 6) is -0.317. The summed E-state index contributed by atoms with van der Waals surface area (Å²) >= 11 is 6.16. The number of rotatable bonds is 7. The molecule has 154 valence electrons. The van der Waals surface area contributed by atoms with Crippen LogP contribution in [0.1, 0.15) is 25.3 Å². The van der Waals surface area contributed by atoms with Gasteiger partial charge in [0.05, 0.1) is 17.4 Å². The van der Waals surface area contributed by atoms with Crippen molar-refractivity contribution in [2.45, 2.75) is 26.3 Å². The largest absolute Gasteiger partial charge is 0.466 e. The lowest BCUT2D eigenvalue weighted by Crippen LogP contribution is -2.40. The molecular formula is C19H22ClN5O4. The van der Waals surface area contributed by atoms with Crippen LogP contribution in [-0.2, 0) is 16.1 Å². The lowest BCUT2D eigenvalue weighted by molar-refractivity contribution is -0.383. The molecule has 10 heteroatoms. The number of carbonyl (C=O) groups excluding carboxylic acids is 1. The van der Waals surface area contributed by atoms with Crippen LogP contribution in [0.5, 0.6) is 0 Å². The minimum atomic E-state index is -0.502. The molecule has 2 aromatic rings. The first-order valence-corrected chi connectivity index (χ1v) is 9.77. The number of piperidine rings is 1. The van der Waals surface area contributed by atoms with E-state index in [4.69, 9.17) is 16.3 Å². The molecule has 1 aromatic carbocycles. The summed E-state index contributed by atoms with van der Waals surface area (Å²) in [5.41, 5.74) is 0.577. The summed E-state index contributed by atoms with van der Waals surface area (Å²) in [4.78, 5) is 33.4. The summed E-state index contributed by atoms with van der Waals surface area (Å²) < 4.78 is 5.11. The molecule has 1 atom stereocenters. The number of hydrogen-bond acceptors (Lipinski definition) is 8. The highest BCUT2D eigenvalue weighted by molar-refractivity contribution is 6.31. The van der Waals surface area contributed by atoms with Gasteiger partial charge in [-0.1, -0.05) is 29.8 Å². The molecule has 29 heavy (non-hydrogen) atoms. The number of nitrogens with one attached hydrogen (secondary N) is 1. The van der Waals surface area contributed by atoms with E-state index < -0.39 is 4.92 Å². The topological polar surface area (TPSA) is 110 Å². The molecule has 0 saturated carbocycles. The third-order valence-electron chi connectivity index (χ3n) is 4.73. The predicted molar refractivity (Wildman–Crippen MR) is 109 cm³/mol. The third kappa shape index (κ3) is 4.92. The maximum absolute atomic E-state index is 12.1. The minimum Gasteiger partial charge on any atom is -0.466 e. The highest BCUT2D eigenvalue weighted by Gasteiger charge is 2.33. The van der Waals surface area contributed by atoms with Gasteiger partial charge in [-0.3, -0.25) is 14.9 Å². The lowest BCUT2D eigenvalue weighted by atomic mass is 9.98. The van der Waals surface area contributed by atoms with Crippen LogP contribution in [0.4, 0.5) is 17.3 Å². The van der Waals surface area contributed by atoms with E-state index in [0.717, 1.165) is 5.56 Å². The maximum Gasteiger partial charge on any atom is 0.353 e. The first-order valence-electron chi connectivity index (χ1n) is 9.39. The van der Waals surface area contributed by atoms with E-state index in [9.17, 15) is 14.9 Å². The Morgan fingerprint density at radius 3 is 2.93 bits per heavy atom. The Kier molecular flexibility index (Phi) is 6.82. The van der Waals surface area contributed by atoms with Gasteiger partial charge < -0.3 is 15.0 Å². The van der Waals surface area contributed by atoms with Crippen LogP contribution in [0.3, 0.4) is 0 Å². The van der Waals surface area contributed by atoms with Gasteiger partial charge in [-0.05, 0) is 31.4 Å². The second-order valence-corrected chi connectivity index (χ2v) is 7.04. The number of aromatic nitrogens is 2. The first kappa shape index (κ1) is 20.8. The monoisotopic (exact) mass is 419 g/mol. The Hall–Kier alpha value is -2.94. The van der Waals surface area contributed by atoms with Crippen molar-refractivity contribution in [2.75, 3.05) is 29.9 Å². The Morgan fingerprint density at radius 1 is 1.41 bits per heavy atom. The highest BCUT2D eigenvalue weighted by atomic mass is 35.5. The van der Waals surface area contributed by atoms with Crippen LogP contribution in [0, 0.1) is 16.0 Å². The van der Waals surface area contributed by atoms with E-state index in [2.05, 4.69) is 15.3 Å². The first-order chi connectivity index (χ1) is 14.0. The molecule has 9 nitrogen and oxygen atoms in total. The SMILES string of the molecule is CCOC(=O)C1CCCN(c2ncnc(NCc3ccccc3Cl)c2[N+](=O)[O-])C1. The van der Waals surface area contributed by atoms with Crippen molar-refractivity contribution >= 4 is 34.9 Å². The molecule has 0 aliphatic carbocycles. The molecule has 2 heterocycles. The van der Waals surface area contributed by atoms with Crippen molar-refractivity contribution < 1.29 is 14.5 Å². The molecule has 1 saturated heterocycles. The molecule has 1 aromatic heterocycles. The fourth-order valence-electron chi connectivity index (χ4n) is 3.34. The van der Waals surface area contributed by atoms with Gasteiger partial charge >= 0.3 is 11.7 Å². The van der Waals surface area contributed by atoms with Crippen LogP contribution >= 0.6 is 11.6 Å². The van der Waals surface area contributed by atoms with E-state index in [1.54, 1.807) is 17.9 Å². The van der Waals surface area contributed by atoms with Crippen molar-refractivity contribution in [3.8, 4) is 0 Å². The van der Waals surface area contributed by atoms with Gasteiger partial charge in [0.2, 0.25) is 11.6 Å². The van der Waals surface area contributed by atoms with E-state index in [-0.39, 0.29) is 35.8 Å². The fourth-order valence-corrected chi connectivity index (χ4v) is 3.54. The van der Waals surface area contributed by atoms with Gasteiger partial charge in [-0.15, -0.1) is 0 Å². The minimum absolute atomic E-state index is 0.109. The van der Waals surface area contributed by atoms with Crippen LogP contribution in [0.15, 0.2) is 30.6 Å². The van der Waals surface area contributed by atoms with Crippen molar-refractivity contribution in [1.29, 1.82) is 0 Å². The number of nitrogens with zero attached hydrogens (tertiary/aromatic N) is 4. The molecular weight excluding hydrogens is 398 g/mol. The Morgan fingerprint density at radius 2 is 2.21 bits per heavy atom. The van der Waals surface area contributed by atoms with Gasteiger partial charge in [-0.25, -0.2) is 9.97 Å². The summed E-state index contributed by atoms with van der Waals surface area (Å²) in [6.45, 7) is 3.23. The van der Waals surface area contributed by atoms with Gasteiger partial charge in [0.15, 0.2) is 0 Å². The highest BCUT2D eigenvalue weighted by Crippen LogP contribution is 2.34. The van der Waals surface area contributed by atoms with Crippen molar-refractivity contribution in [3.05, 3.63) is 51.3 Å². The number of ether oxygens (including phenoxy) is 1. The Balaban J connectivity index is 1.84. The zero-order valence-corrected chi connectivity index (χ0v) is 16.8. The van der Waals surface area contributed by atoms with E-state index in [1.165, 1.54) is 6.33 Å². The summed E-state index contributed by atoms with van der Waals surface area (Å²) in [6, 6.07) is 7.23. The standard InChI is InChI=1S/C19H22ClN5O4/c1-2-29-19(26)14-7-5-9-24(11-14)18-16(25(27)28)17(22-12-23-18)21-10-13-6-3-4-8-15(13)20/h3-4,6,8,12,14H,2,5,7,9-11H2,1H3,(H,21,22,23). The number of hydrogen-bond donors (Lipinski definition) is 1. The number of esters is 1. The molecule has 0 amide bonds. The van der Waals surface area contributed by atoms with Gasteiger partial charge in [0.1, 0.15) is 6.33 Å². The Bertz CT molecular complexity index is 895. The summed E-state index contributed by atoms with van der Waals surface area (Å²) in [6.07, 6.45) is 2.68. The molecule has 1 N–H and O–H groups in total. The average Bonchev–Trinajstić information content (AvgIpc) is 2.73. The van der Waals surface area contributed by atoms with Crippen LogP contribution < -0.4 is 10.2 Å². The van der Waals surface area contributed by atoms with Crippen LogP contribution in [-0.4, -0.2) is 40.6 Å². The summed E-state index contributed by atoms with van der Waals surface area (Å²) in [7, 11) is 0. The van der Waals surface area contributed by atoms with Gasteiger partial charge in [-0.2, -0.15) is 0 Å². The van der Waals surface area contributed by atoms with E-state index >= 15 is 0 Å². The fraction of sp³-hybridized carbons (Fsp3) is 0.421. The van der Waals surface area contributed by atoms with Crippen molar-refractivity contribution in [3.63, 3.8) is 0 Å². The third-order valence-corrected chi connectivity index (χ3v) is 5.10. The number of nitro groups is 1. The van der Waals surface area contributed by atoms with Crippen LogP contribution in [0.25, 0.3) is 0 Å². The van der Waals surface area contributed by atoms with Crippen molar-refractivity contribution in [1.82, 2.24) is 9.97 Å². The zero-order valence-electron chi connectivity index (χ0n) is 16.0. The molecule has 1 aliphatic rings. The second-order valence-electron chi connectivity index (χ2n) is 6.63. The number of anilines is 2. The molecule has 1 fully saturated rings. The number of halogens is 1. The smallest absolute Gasteiger partial charge is 0.353 e. The number of benzene rings is 1. The molecule has 3 rings (SSSR count). The Labute approximate surface area is 173 Å². The van der Waals surface area contributed by atoms with E-state index in [1.807, 2.05) is 18.2 Å². The van der Waals surface area contributed by atoms with Gasteiger partial charge in [0.25, 0.3) is 0 Å². The molecule has 0 radical (unpaired) electrons. The average molecular weight is 420 g/mol. The summed E-state index contributed by atoms with van der Waals surface area (Å²) in [5, 5.41) is 15.4. The lowest BCUT2D eigenvalue weighted by Gasteiger charge is -2.32. The molecule has 1 aliphatic heterocycles. The van der Waals surface area contributed by atoms with E-state index in [0.29, 0.717) is 37.6 Å². The molecule has 0 bridgehead atoms. The molecule has 0 spiro atoms. The normalized spacial score (nSPS) is 16.3. The predicted octanol–water partition coefficient (Wildman–Crippen LogP) is 3.43. The quantitative estimate of drug-likeness (QED) is 0.413. The maximum atomic E-state index is 12.1. The van der Waals surface area contributed by atoms with Gasteiger partial charge in [0, 0.05) is 24.7 Å². The molecule has 1 unspecified atom stereocenters. The van der Waals surface area contributed by atoms with Crippen LogP contribution in [0.2, 0.25) is 5.02 Å². The number of carbonyl (C=O) groups is 1.